The number of methoxy groups -OCH3 is 2. The number of halogens is 3. The minimum atomic E-state index is -4.56. The molecule has 4 aromatic rings. The van der Waals surface area contributed by atoms with E-state index in [1.807, 2.05) is 0 Å². The van der Waals surface area contributed by atoms with E-state index in [0.29, 0.717) is 39.7 Å². The molecule has 12 heteroatoms. The van der Waals surface area contributed by atoms with Crippen LogP contribution in [0.1, 0.15) is 53.9 Å². The number of hydrogen-bond acceptors (Lipinski definition) is 8. The average Bonchev–Trinajstić information content (AvgIpc) is 3.72. The lowest BCUT2D eigenvalue weighted by molar-refractivity contribution is -0.145. The number of esters is 1. The van der Waals surface area contributed by atoms with E-state index in [1.165, 1.54) is 32.2 Å². The number of rotatable bonds is 7. The first-order chi connectivity index (χ1) is 19.0. The number of ether oxygens (including phenoxy) is 2. The van der Waals surface area contributed by atoms with E-state index >= 15 is 0 Å². The van der Waals surface area contributed by atoms with Crippen LogP contribution in [0.15, 0.2) is 43.0 Å². The topological polar surface area (TPSA) is 105 Å². The van der Waals surface area contributed by atoms with Crippen molar-refractivity contribution in [1.29, 1.82) is 0 Å². The highest BCUT2D eigenvalue weighted by Crippen LogP contribution is 2.45. The van der Waals surface area contributed by atoms with Gasteiger partial charge in [-0.3, -0.25) is 4.79 Å². The van der Waals surface area contributed by atoms with E-state index < -0.39 is 23.3 Å². The zero-order valence-electron chi connectivity index (χ0n) is 22.6. The molecule has 1 saturated carbocycles. The fourth-order valence-corrected chi connectivity index (χ4v) is 4.86. The molecule has 1 fully saturated rings. The highest BCUT2D eigenvalue weighted by molar-refractivity contribution is 5.87. The van der Waals surface area contributed by atoms with Gasteiger partial charge in [-0.2, -0.15) is 13.2 Å². The molecule has 3 heterocycles. The van der Waals surface area contributed by atoms with E-state index in [4.69, 9.17) is 14.5 Å². The largest absolute Gasteiger partial charge is 0.480 e. The summed E-state index contributed by atoms with van der Waals surface area (Å²) in [6.45, 7) is 3.48. The molecule has 1 aliphatic carbocycles. The monoisotopic (exact) mass is 552 g/mol. The first-order valence-corrected chi connectivity index (χ1v) is 12.5. The Morgan fingerprint density at radius 1 is 1.05 bits per heavy atom. The smallest absolute Gasteiger partial charge is 0.434 e. The van der Waals surface area contributed by atoms with Crippen LogP contribution in [-0.4, -0.2) is 49.7 Å². The highest BCUT2D eigenvalue weighted by atomic mass is 19.4. The number of imidazole rings is 1. The van der Waals surface area contributed by atoms with Gasteiger partial charge in [-0.25, -0.2) is 24.9 Å². The third kappa shape index (κ3) is 4.67. The summed E-state index contributed by atoms with van der Waals surface area (Å²) < 4.78 is 51.6. The molecule has 208 valence electrons. The summed E-state index contributed by atoms with van der Waals surface area (Å²) in [5.41, 5.74) is 1.03. The van der Waals surface area contributed by atoms with Crippen LogP contribution in [0, 0.1) is 6.92 Å². The molecule has 0 radical (unpaired) electrons. The van der Waals surface area contributed by atoms with Crippen molar-refractivity contribution in [2.24, 2.45) is 7.05 Å². The molecule has 0 amide bonds. The van der Waals surface area contributed by atoms with Gasteiger partial charge in [0.15, 0.2) is 11.5 Å². The summed E-state index contributed by atoms with van der Waals surface area (Å²) in [7, 11) is 4.29. The minimum absolute atomic E-state index is 0.142. The number of benzene rings is 1. The number of aromatic nitrogens is 6. The second-order valence-electron chi connectivity index (χ2n) is 9.90. The third-order valence-corrected chi connectivity index (χ3v) is 7.15. The van der Waals surface area contributed by atoms with Gasteiger partial charge in [0, 0.05) is 30.9 Å². The van der Waals surface area contributed by atoms with E-state index in [1.54, 1.807) is 44.3 Å². The van der Waals surface area contributed by atoms with Crippen molar-refractivity contribution >= 4 is 5.97 Å². The summed E-state index contributed by atoms with van der Waals surface area (Å²) in [6, 6.07) is 6.57. The molecule has 3 aromatic heterocycles. The molecule has 0 saturated heterocycles. The Morgan fingerprint density at radius 3 is 2.33 bits per heavy atom. The van der Waals surface area contributed by atoms with Crippen LogP contribution in [0.2, 0.25) is 0 Å². The lowest BCUT2D eigenvalue weighted by Crippen LogP contribution is -2.37. The van der Waals surface area contributed by atoms with Crippen molar-refractivity contribution in [2.45, 2.75) is 44.2 Å². The SMILES string of the molecule is COC(=O)C(C)(c1ccc(-c2nc(C(F)(F)F)cn2C)cc1)c1nc(-c2c(OC)ncnc2C2CC2)ncc1C. The molecule has 5 rings (SSSR count). The van der Waals surface area contributed by atoms with E-state index in [0.717, 1.165) is 24.7 Å². The van der Waals surface area contributed by atoms with Gasteiger partial charge in [-0.15, -0.1) is 0 Å². The van der Waals surface area contributed by atoms with Gasteiger partial charge in [0.25, 0.3) is 0 Å². The molecule has 9 nitrogen and oxygen atoms in total. The molecule has 0 spiro atoms. The lowest BCUT2D eigenvalue weighted by atomic mass is 9.77. The van der Waals surface area contributed by atoms with Crippen LogP contribution in [0.5, 0.6) is 5.88 Å². The molecule has 1 atom stereocenters. The van der Waals surface area contributed by atoms with Crippen LogP contribution in [0.3, 0.4) is 0 Å². The van der Waals surface area contributed by atoms with Crippen LogP contribution in [0.4, 0.5) is 13.2 Å². The second-order valence-corrected chi connectivity index (χ2v) is 9.90. The third-order valence-electron chi connectivity index (χ3n) is 7.15. The minimum Gasteiger partial charge on any atom is -0.480 e. The maximum Gasteiger partial charge on any atom is 0.434 e. The standard InChI is InChI=1S/C28H27F3N6O3/c1-15-12-32-23(20-21(16-6-7-16)33-14-34-25(20)39-4)36-22(15)27(2,26(38)40-5)18-10-8-17(9-11-18)24-35-19(13-37(24)3)28(29,30)31/h8-14,16H,6-7H2,1-5H3. The zero-order chi connectivity index (χ0) is 28.8. The normalized spacial score (nSPS) is 15.0. The average molecular weight is 553 g/mol. The van der Waals surface area contributed by atoms with Gasteiger partial charge in [0.1, 0.15) is 23.1 Å². The molecule has 40 heavy (non-hydrogen) atoms. The Labute approximate surface area is 228 Å². The van der Waals surface area contributed by atoms with Gasteiger partial charge in [-0.05, 0) is 37.8 Å². The predicted molar refractivity (Wildman–Crippen MR) is 138 cm³/mol. The van der Waals surface area contributed by atoms with E-state index in [-0.39, 0.29) is 11.7 Å². The number of hydrogen-bond donors (Lipinski definition) is 0. The molecule has 0 aliphatic heterocycles. The number of aryl methyl sites for hydroxylation is 2. The van der Waals surface area contributed by atoms with Crippen molar-refractivity contribution in [2.75, 3.05) is 14.2 Å². The molecular formula is C28H27F3N6O3. The Hall–Kier alpha value is -4.35. The molecule has 1 aliphatic rings. The van der Waals surface area contributed by atoms with Crippen molar-refractivity contribution in [1.82, 2.24) is 29.5 Å². The molecule has 0 bridgehead atoms. The lowest BCUT2D eigenvalue weighted by Gasteiger charge is -2.28. The Kier molecular flexibility index (Phi) is 6.80. The van der Waals surface area contributed by atoms with Gasteiger partial charge >= 0.3 is 12.1 Å². The van der Waals surface area contributed by atoms with Gasteiger partial charge < -0.3 is 14.0 Å². The number of nitrogens with zero attached hydrogens (tertiary/aromatic N) is 6. The van der Waals surface area contributed by atoms with Crippen LogP contribution in [-0.2, 0) is 28.2 Å². The van der Waals surface area contributed by atoms with Gasteiger partial charge in [-0.1, -0.05) is 24.3 Å². The summed E-state index contributed by atoms with van der Waals surface area (Å²) in [5.74, 6) is 0.484. The van der Waals surface area contributed by atoms with Crippen molar-refractivity contribution in [3.05, 3.63) is 71.2 Å². The zero-order valence-corrected chi connectivity index (χ0v) is 22.6. The summed E-state index contributed by atoms with van der Waals surface area (Å²) in [4.78, 5) is 35.3. The second kappa shape index (κ2) is 10.00. The fourth-order valence-electron chi connectivity index (χ4n) is 4.86. The fraction of sp³-hybridized carbons (Fsp3) is 0.357. The van der Waals surface area contributed by atoms with Crippen molar-refractivity contribution < 1.29 is 27.4 Å². The number of alkyl halides is 3. The van der Waals surface area contributed by atoms with Crippen molar-refractivity contribution in [3.8, 4) is 28.7 Å². The number of carbonyl (C=O) groups is 1. The Morgan fingerprint density at radius 2 is 1.75 bits per heavy atom. The molecular weight excluding hydrogens is 525 g/mol. The van der Waals surface area contributed by atoms with Crippen LogP contribution < -0.4 is 4.74 Å². The maximum atomic E-state index is 13.4. The maximum absolute atomic E-state index is 13.4. The molecule has 0 N–H and O–H groups in total. The summed E-state index contributed by atoms with van der Waals surface area (Å²) in [5, 5.41) is 0. The van der Waals surface area contributed by atoms with Crippen LogP contribution in [0.25, 0.3) is 22.8 Å². The Bertz CT molecular complexity index is 1580. The quantitative estimate of drug-likeness (QED) is 0.294. The first kappa shape index (κ1) is 27.2. The summed E-state index contributed by atoms with van der Waals surface area (Å²) in [6.07, 6.45) is 1.42. The van der Waals surface area contributed by atoms with Gasteiger partial charge in [0.2, 0.25) is 5.88 Å². The molecule has 1 unspecified atom stereocenters. The van der Waals surface area contributed by atoms with Gasteiger partial charge in [0.05, 0.1) is 25.6 Å². The Balaban J connectivity index is 1.62. The predicted octanol–water partition coefficient (Wildman–Crippen LogP) is 5.03. The first-order valence-electron chi connectivity index (χ1n) is 12.5. The van der Waals surface area contributed by atoms with E-state index in [2.05, 4.69) is 19.9 Å². The summed E-state index contributed by atoms with van der Waals surface area (Å²) >= 11 is 0. The highest BCUT2D eigenvalue weighted by Gasteiger charge is 2.42. The van der Waals surface area contributed by atoms with E-state index in [9.17, 15) is 18.0 Å². The van der Waals surface area contributed by atoms with Crippen LogP contribution >= 0.6 is 0 Å². The van der Waals surface area contributed by atoms with Crippen molar-refractivity contribution in [3.63, 3.8) is 0 Å². The number of carbonyl (C=O) groups excluding carboxylic acids is 1. The molecule has 1 aromatic carbocycles.